The number of aliphatic hydroxyl groups is 1. The highest BCUT2D eigenvalue weighted by molar-refractivity contribution is 5.42. The van der Waals surface area contributed by atoms with Crippen molar-refractivity contribution in [2.45, 2.75) is 19.3 Å². The second-order valence-corrected chi connectivity index (χ2v) is 4.63. The molecule has 1 aliphatic rings. The van der Waals surface area contributed by atoms with E-state index >= 15 is 0 Å². The molecular formula is C12H22N6O2. The Hall–Kier alpha value is -1.67. The Morgan fingerprint density at radius 3 is 2.70 bits per heavy atom. The molecule has 112 valence electrons. The molecule has 0 radical (unpaired) electrons. The summed E-state index contributed by atoms with van der Waals surface area (Å²) < 4.78 is 5.30. The molecule has 4 N–H and O–H groups in total. The minimum Gasteiger partial charge on any atom is -0.396 e. The molecule has 0 spiro atoms. The smallest absolute Gasteiger partial charge is 0.232 e. The van der Waals surface area contributed by atoms with Gasteiger partial charge in [0.2, 0.25) is 17.8 Å². The molecule has 0 bridgehead atoms. The van der Waals surface area contributed by atoms with E-state index in [1.54, 1.807) is 0 Å². The lowest BCUT2D eigenvalue weighted by Gasteiger charge is -2.26. The van der Waals surface area contributed by atoms with Crippen LogP contribution < -0.4 is 16.0 Å². The highest BCUT2D eigenvalue weighted by Crippen LogP contribution is 2.13. The van der Waals surface area contributed by atoms with Crippen LogP contribution in [0.1, 0.15) is 19.3 Å². The molecule has 1 aromatic rings. The lowest BCUT2D eigenvalue weighted by Crippen LogP contribution is -2.37. The van der Waals surface area contributed by atoms with Gasteiger partial charge in [0.05, 0.1) is 13.2 Å². The summed E-state index contributed by atoms with van der Waals surface area (Å²) in [6.45, 7) is 3.87. The van der Waals surface area contributed by atoms with Crippen molar-refractivity contribution < 1.29 is 9.84 Å². The normalized spacial score (nSPS) is 15.3. The number of nitrogens with two attached hydrogens (primary N) is 1. The number of nitrogen functional groups attached to an aromatic ring is 1. The lowest BCUT2D eigenvalue weighted by atomic mass is 10.2. The van der Waals surface area contributed by atoms with E-state index in [0.29, 0.717) is 25.1 Å². The SMILES string of the molecule is Nc1nc(NCCCCCO)nc(N2CCOCC2)n1. The van der Waals surface area contributed by atoms with E-state index in [2.05, 4.69) is 20.3 Å². The van der Waals surface area contributed by atoms with Gasteiger partial charge in [0.1, 0.15) is 0 Å². The van der Waals surface area contributed by atoms with Gasteiger partial charge >= 0.3 is 0 Å². The van der Waals surface area contributed by atoms with E-state index < -0.39 is 0 Å². The maximum atomic E-state index is 8.71. The summed E-state index contributed by atoms with van der Waals surface area (Å²) in [5.74, 6) is 1.32. The summed E-state index contributed by atoms with van der Waals surface area (Å²) in [6.07, 6.45) is 2.75. The molecule has 0 unspecified atom stereocenters. The third-order valence-corrected chi connectivity index (χ3v) is 3.05. The van der Waals surface area contributed by atoms with Crippen molar-refractivity contribution >= 4 is 17.8 Å². The first kappa shape index (κ1) is 14.7. The van der Waals surface area contributed by atoms with Crippen molar-refractivity contribution in [3.63, 3.8) is 0 Å². The number of hydrogen-bond acceptors (Lipinski definition) is 8. The number of anilines is 3. The van der Waals surface area contributed by atoms with Crippen LogP contribution in [-0.2, 0) is 4.74 Å². The van der Waals surface area contributed by atoms with E-state index in [0.717, 1.165) is 38.9 Å². The summed E-state index contributed by atoms with van der Waals surface area (Å²) in [5, 5.41) is 11.9. The maximum absolute atomic E-state index is 8.71. The predicted molar refractivity (Wildman–Crippen MR) is 76.7 cm³/mol. The zero-order chi connectivity index (χ0) is 14.2. The Labute approximate surface area is 118 Å². The minimum atomic E-state index is 0.222. The Bertz CT molecular complexity index is 411. The first-order valence-electron chi connectivity index (χ1n) is 6.98. The number of aliphatic hydroxyl groups excluding tert-OH is 1. The topological polar surface area (TPSA) is 109 Å². The number of nitrogens with one attached hydrogen (secondary N) is 1. The van der Waals surface area contributed by atoms with Crippen LogP contribution in [0.5, 0.6) is 0 Å². The molecule has 8 heteroatoms. The van der Waals surface area contributed by atoms with E-state index in [1.807, 2.05) is 4.90 Å². The number of rotatable bonds is 7. The number of aromatic nitrogens is 3. The van der Waals surface area contributed by atoms with Crippen molar-refractivity contribution in [1.29, 1.82) is 0 Å². The van der Waals surface area contributed by atoms with Crippen LogP contribution in [0, 0.1) is 0 Å². The summed E-state index contributed by atoms with van der Waals surface area (Å²) in [7, 11) is 0. The van der Waals surface area contributed by atoms with Crippen molar-refractivity contribution in [1.82, 2.24) is 15.0 Å². The van der Waals surface area contributed by atoms with Crippen molar-refractivity contribution in [3.05, 3.63) is 0 Å². The van der Waals surface area contributed by atoms with E-state index in [1.165, 1.54) is 0 Å². The Morgan fingerprint density at radius 2 is 1.95 bits per heavy atom. The van der Waals surface area contributed by atoms with Crippen molar-refractivity contribution in [2.24, 2.45) is 0 Å². The Kier molecular flexibility index (Phi) is 5.75. The van der Waals surface area contributed by atoms with E-state index in [9.17, 15) is 0 Å². The molecular weight excluding hydrogens is 260 g/mol. The molecule has 2 rings (SSSR count). The maximum Gasteiger partial charge on any atom is 0.232 e. The number of ether oxygens (including phenoxy) is 1. The second kappa shape index (κ2) is 7.81. The molecule has 2 heterocycles. The summed E-state index contributed by atoms with van der Waals surface area (Å²) in [6, 6.07) is 0. The molecule has 0 atom stereocenters. The van der Waals surface area contributed by atoms with Gasteiger partial charge < -0.3 is 25.8 Å². The van der Waals surface area contributed by atoms with Crippen LogP contribution in [0.15, 0.2) is 0 Å². The van der Waals surface area contributed by atoms with Gasteiger partial charge in [0.15, 0.2) is 0 Å². The lowest BCUT2D eigenvalue weighted by molar-refractivity contribution is 0.122. The van der Waals surface area contributed by atoms with Gasteiger partial charge in [-0.25, -0.2) is 0 Å². The van der Waals surface area contributed by atoms with E-state index in [-0.39, 0.29) is 12.6 Å². The monoisotopic (exact) mass is 282 g/mol. The summed E-state index contributed by atoms with van der Waals surface area (Å²) >= 11 is 0. The van der Waals surface area contributed by atoms with Crippen molar-refractivity contribution in [2.75, 3.05) is 55.4 Å². The average molecular weight is 282 g/mol. The standard InChI is InChI=1S/C12H22N6O2/c13-10-15-11(14-4-2-1-3-7-19)17-12(16-10)18-5-8-20-9-6-18/h19H,1-9H2,(H3,13,14,15,16,17). The number of hydrogen-bond donors (Lipinski definition) is 3. The fraction of sp³-hybridized carbons (Fsp3) is 0.750. The predicted octanol–water partition coefficient (Wildman–Crippen LogP) is -0.135. The van der Waals surface area contributed by atoms with Crippen LogP contribution in [-0.4, -0.2) is 59.5 Å². The second-order valence-electron chi connectivity index (χ2n) is 4.63. The van der Waals surface area contributed by atoms with Gasteiger partial charge in [-0.2, -0.15) is 15.0 Å². The van der Waals surface area contributed by atoms with Gasteiger partial charge in [0.25, 0.3) is 0 Å². The summed E-state index contributed by atoms with van der Waals surface area (Å²) in [5.41, 5.74) is 5.72. The third kappa shape index (κ3) is 4.46. The Morgan fingerprint density at radius 1 is 1.15 bits per heavy atom. The molecule has 1 fully saturated rings. The van der Waals surface area contributed by atoms with Gasteiger partial charge in [-0.15, -0.1) is 0 Å². The quantitative estimate of drug-likeness (QED) is 0.593. The molecule has 0 aromatic carbocycles. The molecule has 1 saturated heterocycles. The van der Waals surface area contributed by atoms with Gasteiger partial charge in [-0.05, 0) is 19.3 Å². The first-order valence-corrected chi connectivity index (χ1v) is 6.98. The molecule has 0 amide bonds. The third-order valence-electron chi connectivity index (χ3n) is 3.05. The molecule has 8 nitrogen and oxygen atoms in total. The highest BCUT2D eigenvalue weighted by atomic mass is 16.5. The molecule has 0 aliphatic carbocycles. The minimum absolute atomic E-state index is 0.222. The number of morpholine rings is 1. The van der Waals surface area contributed by atoms with Crippen LogP contribution in [0.2, 0.25) is 0 Å². The zero-order valence-corrected chi connectivity index (χ0v) is 11.6. The Balaban J connectivity index is 1.90. The number of unbranched alkanes of at least 4 members (excludes halogenated alkanes) is 2. The van der Waals surface area contributed by atoms with Gasteiger partial charge in [-0.1, -0.05) is 0 Å². The largest absolute Gasteiger partial charge is 0.396 e. The van der Waals surface area contributed by atoms with Gasteiger partial charge in [0, 0.05) is 26.2 Å². The van der Waals surface area contributed by atoms with E-state index in [4.69, 9.17) is 15.6 Å². The molecule has 1 aliphatic heterocycles. The van der Waals surface area contributed by atoms with Crippen LogP contribution in [0.3, 0.4) is 0 Å². The fourth-order valence-corrected chi connectivity index (χ4v) is 1.98. The average Bonchev–Trinajstić information content (AvgIpc) is 2.47. The summed E-state index contributed by atoms with van der Waals surface area (Å²) in [4.78, 5) is 14.7. The van der Waals surface area contributed by atoms with Crippen LogP contribution in [0.4, 0.5) is 17.8 Å². The molecule has 1 aromatic heterocycles. The molecule has 0 saturated carbocycles. The number of nitrogens with zero attached hydrogens (tertiary/aromatic N) is 4. The van der Waals surface area contributed by atoms with Gasteiger partial charge in [-0.3, -0.25) is 0 Å². The first-order chi connectivity index (χ1) is 9.79. The fourth-order valence-electron chi connectivity index (χ4n) is 1.98. The molecule has 20 heavy (non-hydrogen) atoms. The van der Waals surface area contributed by atoms with Crippen LogP contribution in [0.25, 0.3) is 0 Å². The zero-order valence-electron chi connectivity index (χ0n) is 11.6. The van der Waals surface area contributed by atoms with Crippen molar-refractivity contribution in [3.8, 4) is 0 Å². The highest BCUT2D eigenvalue weighted by Gasteiger charge is 2.15. The van der Waals surface area contributed by atoms with Crippen LogP contribution >= 0.6 is 0 Å².